The fourth-order valence-electron chi connectivity index (χ4n) is 3.17. The quantitative estimate of drug-likeness (QED) is 0.257. The summed E-state index contributed by atoms with van der Waals surface area (Å²) in [5.74, 6) is 0.884. The summed E-state index contributed by atoms with van der Waals surface area (Å²) < 4.78 is 37.8. The number of hydrogen-bond acceptors (Lipinski definition) is 3. The summed E-state index contributed by atoms with van der Waals surface area (Å²) in [4.78, 5) is 19.1. The second-order valence-electron chi connectivity index (χ2n) is 7.73. The molecule has 1 heterocycles. The Balaban J connectivity index is 0.00000784. The Bertz CT molecular complexity index is 503. The van der Waals surface area contributed by atoms with Gasteiger partial charge in [0.05, 0.1) is 6.54 Å². The minimum Gasteiger partial charge on any atom is -0.356 e. The van der Waals surface area contributed by atoms with Gasteiger partial charge in [-0.1, -0.05) is 33.1 Å². The molecule has 10 heteroatoms. The van der Waals surface area contributed by atoms with Crippen molar-refractivity contribution in [2.24, 2.45) is 10.9 Å². The number of carbonyl (C=O) groups is 1. The normalized spacial score (nSPS) is 18.9. The van der Waals surface area contributed by atoms with Gasteiger partial charge in [0.2, 0.25) is 5.91 Å². The molecule has 0 radical (unpaired) electrons. The summed E-state index contributed by atoms with van der Waals surface area (Å²) in [6, 6.07) is -0.112. The smallest absolute Gasteiger partial charge is 0.356 e. The number of likely N-dealkylation sites (tertiary alicyclic amines) is 1. The van der Waals surface area contributed by atoms with E-state index in [-0.39, 0.29) is 42.5 Å². The molecule has 0 aromatic heterocycles. The maximum absolute atomic E-state index is 12.6. The predicted molar refractivity (Wildman–Crippen MR) is 122 cm³/mol. The molecule has 0 aromatic carbocycles. The molecule has 0 bridgehead atoms. The Morgan fingerprint density at radius 1 is 1.31 bits per heavy atom. The van der Waals surface area contributed by atoms with Gasteiger partial charge in [-0.2, -0.15) is 13.2 Å². The average molecular weight is 535 g/mol. The number of rotatable bonds is 10. The number of alkyl halides is 3. The molecule has 1 aliphatic rings. The van der Waals surface area contributed by atoms with Crippen LogP contribution in [0.25, 0.3) is 0 Å². The molecule has 0 aromatic rings. The molecular weight excluding hydrogens is 498 g/mol. The van der Waals surface area contributed by atoms with Crippen LogP contribution in [0.4, 0.5) is 13.2 Å². The third-order valence-electron chi connectivity index (χ3n) is 4.99. The van der Waals surface area contributed by atoms with Crippen molar-refractivity contribution in [2.45, 2.75) is 58.2 Å². The first-order valence-electron chi connectivity index (χ1n) is 10.2. The van der Waals surface area contributed by atoms with Crippen LogP contribution in [0.1, 0.15) is 46.0 Å². The van der Waals surface area contributed by atoms with Crippen LogP contribution in [-0.4, -0.2) is 80.7 Å². The number of aliphatic imine (C=N–C) groups is 1. The molecule has 1 aliphatic heterocycles. The van der Waals surface area contributed by atoms with E-state index in [1.165, 1.54) is 9.80 Å². The number of nitrogens with one attached hydrogen (secondary N) is 2. The SMILES string of the molecule is CCCCC(CC)CNC(=NCC(=O)N(C)C)NC1CCN(CC(F)(F)F)C1.I. The van der Waals surface area contributed by atoms with Crippen molar-refractivity contribution >= 4 is 35.8 Å². The van der Waals surface area contributed by atoms with Gasteiger partial charge in [0.15, 0.2) is 5.96 Å². The monoisotopic (exact) mass is 535 g/mol. The highest BCUT2D eigenvalue weighted by Gasteiger charge is 2.34. The van der Waals surface area contributed by atoms with Gasteiger partial charge in [-0.05, 0) is 18.8 Å². The lowest BCUT2D eigenvalue weighted by Crippen LogP contribution is -2.46. The maximum atomic E-state index is 12.6. The molecule has 2 atom stereocenters. The molecule has 1 saturated heterocycles. The highest BCUT2D eigenvalue weighted by molar-refractivity contribution is 14.0. The highest BCUT2D eigenvalue weighted by atomic mass is 127. The number of amides is 1. The van der Waals surface area contributed by atoms with Crippen LogP contribution < -0.4 is 10.6 Å². The van der Waals surface area contributed by atoms with Gasteiger partial charge in [0, 0.05) is 39.8 Å². The van der Waals surface area contributed by atoms with E-state index < -0.39 is 12.7 Å². The number of unbranched alkanes of at least 4 members (excludes halogenated alkanes) is 1. The minimum atomic E-state index is -4.18. The molecule has 0 aliphatic carbocycles. The van der Waals surface area contributed by atoms with E-state index in [0.717, 1.165) is 32.2 Å². The molecule has 2 unspecified atom stereocenters. The summed E-state index contributed by atoms with van der Waals surface area (Å²) in [6.45, 7) is 4.87. The van der Waals surface area contributed by atoms with E-state index in [1.807, 2.05) is 0 Å². The summed E-state index contributed by atoms with van der Waals surface area (Å²) in [5, 5.41) is 6.51. The average Bonchev–Trinajstić information content (AvgIpc) is 3.03. The molecule has 0 spiro atoms. The number of carbonyl (C=O) groups excluding carboxylic acids is 1. The van der Waals surface area contributed by atoms with Gasteiger partial charge in [0.25, 0.3) is 0 Å². The molecule has 0 saturated carbocycles. The first kappa shape index (κ1) is 28.2. The third kappa shape index (κ3) is 12.5. The third-order valence-corrected chi connectivity index (χ3v) is 4.99. The molecule has 2 N–H and O–H groups in total. The topological polar surface area (TPSA) is 60.0 Å². The lowest BCUT2D eigenvalue weighted by Gasteiger charge is -2.22. The van der Waals surface area contributed by atoms with Crippen molar-refractivity contribution in [3.8, 4) is 0 Å². The Hall–Kier alpha value is -0.780. The second-order valence-corrected chi connectivity index (χ2v) is 7.73. The van der Waals surface area contributed by atoms with Crippen molar-refractivity contribution in [3.63, 3.8) is 0 Å². The Morgan fingerprint density at radius 2 is 2.00 bits per heavy atom. The van der Waals surface area contributed by atoms with Crippen LogP contribution in [0.15, 0.2) is 4.99 Å². The van der Waals surface area contributed by atoms with Gasteiger partial charge in [0.1, 0.15) is 6.54 Å². The van der Waals surface area contributed by atoms with Crippen LogP contribution in [0, 0.1) is 5.92 Å². The zero-order valence-electron chi connectivity index (χ0n) is 18.0. The van der Waals surface area contributed by atoms with Crippen molar-refractivity contribution in [3.05, 3.63) is 0 Å². The van der Waals surface area contributed by atoms with E-state index in [2.05, 4.69) is 29.5 Å². The highest BCUT2D eigenvalue weighted by Crippen LogP contribution is 2.20. The fraction of sp³-hybridized carbons (Fsp3) is 0.895. The molecule has 6 nitrogen and oxygen atoms in total. The number of hydrogen-bond donors (Lipinski definition) is 2. The minimum absolute atomic E-state index is 0. The van der Waals surface area contributed by atoms with E-state index in [0.29, 0.717) is 31.4 Å². The van der Waals surface area contributed by atoms with Gasteiger partial charge >= 0.3 is 6.18 Å². The molecule has 172 valence electrons. The summed E-state index contributed by atoms with van der Waals surface area (Å²) in [6.07, 6.45) is 0.895. The van der Waals surface area contributed by atoms with E-state index in [9.17, 15) is 18.0 Å². The predicted octanol–water partition coefficient (Wildman–Crippen LogP) is 3.08. The summed E-state index contributed by atoms with van der Waals surface area (Å²) >= 11 is 0. The van der Waals surface area contributed by atoms with Gasteiger partial charge in [-0.25, -0.2) is 4.99 Å². The first-order valence-corrected chi connectivity index (χ1v) is 10.2. The van der Waals surface area contributed by atoms with Crippen LogP contribution in [0.3, 0.4) is 0 Å². The van der Waals surface area contributed by atoms with E-state index >= 15 is 0 Å². The standard InChI is InChI=1S/C19H36F3N5O.HI/c1-5-7-8-15(6-2)11-23-18(24-12-17(28)26(3)4)25-16-9-10-27(13-16)14-19(20,21)22;/h15-16H,5-14H2,1-4H3,(H2,23,24,25);1H. The lowest BCUT2D eigenvalue weighted by atomic mass is 9.99. The zero-order valence-corrected chi connectivity index (χ0v) is 20.3. The molecule has 29 heavy (non-hydrogen) atoms. The zero-order chi connectivity index (χ0) is 21.2. The van der Waals surface area contributed by atoms with Crippen LogP contribution in [0.5, 0.6) is 0 Å². The van der Waals surface area contributed by atoms with E-state index in [1.54, 1.807) is 14.1 Å². The van der Waals surface area contributed by atoms with E-state index in [4.69, 9.17) is 0 Å². The number of nitrogens with zero attached hydrogens (tertiary/aromatic N) is 3. The van der Waals surface area contributed by atoms with Crippen LogP contribution in [0.2, 0.25) is 0 Å². The van der Waals surface area contributed by atoms with Crippen molar-refractivity contribution in [1.29, 1.82) is 0 Å². The largest absolute Gasteiger partial charge is 0.401 e. The van der Waals surface area contributed by atoms with Gasteiger partial charge in [-0.15, -0.1) is 24.0 Å². The Kier molecular flexibility index (Phi) is 13.9. The van der Waals surface area contributed by atoms with Crippen LogP contribution in [-0.2, 0) is 4.79 Å². The first-order chi connectivity index (χ1) is 13.1. The van der Waals surface area contributed by atoms with Crippen LogP contribution >= 0.6 is 24.0 Å². The van der Waals surface area contributed by atoms with Crippen molar-refractivity contribution in [2.75, 3.05) is 46.8 Å². The fourth-order valence-corrected chi connectivity index (χ4v) is 3.17. The molecule has 1 fully saturated rings. The van der Waals surface area contributed by atoms with Gasteiger partial charge < -0.3 is 15.5 Å². The number of guanidine groups is 1. The van der Waals surface area contributed by atoms with Crippen molar-refractivity contribution < 1.29 is 18.0 Å². The molecule has 1 rings (SSSR count). The summed E-state index contributed by atoms with van der Waals surface area (Å²) in [5.41, 5.74) is 0. The molecular formula is C19H37F3IN5O. The lowest BCUT2D eigenvalue weighted by molar-refractivity contribution is -0.143. The Labute approximate surface area is 190 Å². The summed E-state index contributed by atoms with van der Waals surface area (Å²) in [7, 11) is 3.34. The second kappa shape index (κ2) is 14.3. The van der Waals surface area contributed by atoms with Gasteiger partial charge in [-0.3, -0.25) is 9.69 Å². The number of likely N-dealkylation sites (N-methyl/N-ethyl adjacent to an activating group) is 1. The number of halogens is 4. The van der Waals surface area contributed by atoms with Crippen molar-refractivity contribution in [1.82, 2.24) is 20.4 Å². The molecule has 1 amide bonds. The Morgan fingerprint density at radius 3 is 2.55 bits per heavy atom. The maximum Gasteiger partial charge on any atom is 0.401 e.